The molecule has 4 rings (SSSR count). The summed E-state index contributed by atoms with van der Waals surface area (Å²) in [5, 5.41) is 0. The van der Waals surface area contributed by atoms with Crippen molar-refractivity contribution in [1.82, 2.24) is 0 Å². The molecule has 4 nitrogen and oxygen atoms in total. The average molecular weight is 336 g/mol. The first-order chi connectivity index (χ1) is 12.2. The molecule has 0 amide bonds. The quantitative estimate of drug-likeness (QED) is 0.798. The van der Waals surface area contributed by atoms with Crippen molar-refractivity contribution in [3.8, 4) is 0 Å². The van der Waals surface area contributed by atoms with Crippen molar-refractivity contribution in [3.05, 3.63) is 59.7 Å². The highest BCUT2D eigenvalue weighted by Gasteiger charge is 2.43. The Balaban J connectivity index is 1.46. The monoisotopic (exact) mass is 336 g/mol. The van der Waals surface area contributed by atoms with E-state index in [1.165, 1.54) is 23.4 Å². The molecule has 2 aliphatic heterocycles. The number of carbonyl (C=O) groups is 1. The summed E-state index contributed by atoms with van der Waals surface area (Å²) in [5.74, 6) is -0.248. The van der Waals surface area contributed by atoms with E-state index in [9.17, 15) is 4.79 Å². The number of esters is 1. The normalized spacial score (nSPS) is 21.7. The smallest absolute Gasteiger partial charge is 0.338 e. The molecule has 0 saturated carbocycles. The summed E-state index contributed by atoms with van der Waals surface area (Å²) >= 11 is 0. The Kier molecular flexibility index (Phi) is 4.12. The molecule has 2 aromatic carbocycles. The molecule has 0 N–H and O–H groups in total. The standard InChI is InChI=1S/C21H24N2O2/c1-3-25-21(24)16-7-9-17(10-8-16)22-13-20-12-19(22)14-23(20)18-6-4-5-15(2)11-18/h4-11,19-20H,3,12-14H2,1-2H3/t19?,20-/m1/s1. The van der Waals surface area contributed by atoms with Gasteiger partial charge < -0.3 is 14.5 Å². The van der Waals surface area contributed by atoms with Crippen molar-refractivity contribution in [2.75, 3.05) is 29.5 Å². The van der Waals surface area contributed by atoms with E-state index in [1.54, 1.807) is 0 Å². The second-order valence-corrected chi connectivity index (χ2v) is 6.95. The minimum Gasteiger partial charge on any atom is -0.462 e. The molecule has 4 heteroatoms. The first kappa shape index (κ1) is 16.0. The summed E-state index contributed by atoms with van der Waals surface area (Å²) in [6, 6.07) is 17.7. The molecule has 0 radical (unpaired) electrons. The van der Waals surface area contributed by atoms with E-state index in [-0.39, 0.29) is 5.97 Å². The molecule has 2 saturated heterocycles. The Bertz CT molecular complexity index is 772. The van der Waals surface area contributed by atoms with Crippen molar-refractivity contribution in [2.24, 2.45) is 0 Å². The van der Waals surface area contributed by atoms with Gasteiger partial charge in [0.25, 0.3) is 0 Å². The number of anilines is 2. The molecular weight excluding hydrogens is 312 g/mol. The first-order valence-electron chi connectivity index (χ1n) is 9.03. The number of fused-ring (bicyclic) bond motifs is 2. The average Bonchev–Trinajstić information content (AvgIpc) is 3.23. The molecule has 130 valence electrons. The van der Waals surface area contributed by atoms with Gasteiger partial charge in [-0.3, -0.25) is 0 Å². The Hall–Kier alpha value is -2.49. The van der Waals surface area contributed by atoms with E-state index in [0.29, 0.717) is 24.3 Å². The Morgan fingerprint density at radius 3 is 2.32 bits per heavy atom. The van der Waals surface area contributed by atoms with Gasteiger partial charge in [-0.25, -0.2) is 4.79 Å². The molecule has 2 fully saturated rings. The first-order valence-corrected chi connectivity index (χ1v) is 9.03. The van der Waals surface area contributed by atoms with Crippen LogP contribution in [0.3, 0.4) is 0 Å². The molecule has 0 aromatic heterocycles. The number of carbonyl (C=O) groups excluding carboxylic acids is 1. The van der Waals surface area contributed by atoms with Crippen LogP contribution in [0.2, 0.25) is 0 Å². The Labute approximate surface area is 149 Å². The van der Waals surface area contributed by atoms with E-state index in [4.69, 9.17) is 4.74 Å². The molecule has 2 aliphatic rings. The highest BCUT2D eigenvalue weighted by molar-refractivity contribution is 5.89. The summed E-state index contributed by atoms with van der Waals surface area (Å²) in [7, 11) is 0. The highest BCUT2D eigenvalue weighted by atomic mass is 16.5. The van der Waals surface area contributed by atoms with Crippen LogP contribution in [0.1, 0.15) is 29.3 Å². The second-order valence-electron chi connectivity index (χ2n) is 6.95. The van der Waals surface area contributed by atoms with Crippen LogP contribution in [-0.4, -0.2) is 37.7 Å². The summed E-state index contributed by atoms with van der Waals surface area (Å²) in [6.07, 6.45) is 1.20. The largest absolute Gasteiger partial charge is 0.462 e. The molecule has 2 heterocycles. The van der Waals surface area contributed by atoms with Crippen LogP contribution in [0.15, 0.2) is 48.5 Å². The fourth-order valence-corrected chi connectivity index (χ4v) is 4.11. The lowest BCUT2D eigenvalue weighted by Crippen LogP contribution is -2.46. The topological polar surface area (TPSA) is 32.8 Å². The van der Waals surface area contributed by atoms with E-state index < -0.39 is 0 Å². The fourth-order valence-electron chi connectivity index (χ4n) is 4.11. The molecule has 0 spiro atoms. The van der Waals surface area contributed by atoms with Crippen LogP contribution in [-0.2, 0) is 4.74 Å². The maximum atomic E-state index is 11.8. The van der Waals surface area contributed by atoms with Crippen molar-refractivity contribution in [1.29, 1.82) is 0 Å². The molecule has 25 heavy (non-hydrogen) atoms. The van der Waals surface area contributed by atoms with Crippen molar-refractivity contribution in [3.63, 3.8) is 0 Å². The summed E-state index contributed by atoms with van der Waals surface area (Å²) in [4.78, 5) is 16.8. The summed E-state index contributed by atoms with van der Waals surface area (Å²) in [6.45, 7) is 6.48. The van der Waals surface area contributed by atoms with Gasteiger partial charge in [0, 0.05) is 36.5 Å². The zero-order valence-electron chi connectivity index (χ0n) is 14.8. The van der Waals surface area contributed by atoms with Crippen molar-refractivity contribution in [2.45, 2.75) is 32.4 Å². The van der Waals surface area contributed by atoms with Crippen molar-refractivity contribution < 1.29 is 9.53 Å². The lowest BCUT2D eigenvalue weighted by Gasteiger charge is -2.37. The van der Waals surface area contributed by atoms with Gasteiger partial charge in [0.1, 0.15) is 0 Å². The predicted octanol–water partition coefficient (Wildman–Crippen LogP) is 3.64. The van der Waals surface area contributed by atoms with Crippen LogP contribution >= 0.6 is 0 Å². The minimum atomic E-state index is -0.248. The third-order valence-corrected chi connectivity index (χ3v) is 5.28. The Morgan fingerprint density at radius 1 is 1.04 bits per heavy atom. The third kappa shape index (κ3) is 2.97. The Morgan fingerprint density at radius 2 is 1.72 bits per heavy atom. The molecule has 0 aliphatic carbocycles. The number of rotatable bonds is 4. The number of ether oxygens (including phenoxy) is 1. The highest BCUT2D eigenvalue weighted by Crippen LogP contribution is 2.37. The molecular formula is C21H24N2O2. The van der Waals surface area contributed by atoms with Gasteiger partial charge in [-0.2, -0.15) is 0 Å². The lowest BCUT2D eigenvalue weighted by atomic mass is 10.1. The number of hydrogen-bond donors (Lipinski definition) is 0. The molecule has 2 bridgehead atoms. The molecule has 1 unspecified atom stereocenters. The fraction of sp³-hybridized carbons (Fsp3) is 0.381. The minimum absolute atomic E-state index is 0.248. The molecule has 2 atom stereocenters. The van der Waals surface area contributed by atoms with Gasteiger partial charge in [-0.15, -0.1) is 0 Å². The maximum Gasteiger partial charge on any atom is 0.338 e. The zero-order chi connectivity index (χ0) is 17.4. The SMILES string of the molecule is CCOC(=O)c1ccc(N2C[C@H]3CC2CN3c2cccc(C)c2)cc1. The van der Waals surface area contributed by atoms with E-state index in [1.807, 2.05) is 31.2 Å². The van der Waals surface area contributed by atoms with Gasteiger partial charge in [-0.1, -0.05) is 12.1 Å². The van der Waals surface area contributed by atoms with Crippen LogP contribution < -0.4 is 9.80 Å². The summed E-state index contributed by atoms with van der Waals surface area (Å²) < 4.78 is 5.06. The van der Waals surface area contributed by atoms with Gasteiger partial charge >= 0.3 is 5.97 Å². The van der Waals surface area contributed by atoms with Crippen molar-refractivity contribution >= 4 is 17.3 Å². The van der Waals surface area contributed by atoms with Crippen LogP contribution in [0.5, 0.6) is 0 Å². The number of benzene rings is 2. The number of nitrogens with zero attached hydrogens (tertiary/aromatic N) is 2. The lowest BCUT2D eigenvalue weighted by molar-refractivity contribution is 0.0526. The van der Waals surface area contributed by atoms with E-state index in [0.717, 1.165) is 13.1 Å². The predicted molar refractivity (Wildman–Crippen MR) is 100 cm³/mol. The third-order valence-electron chi connectivity index (χ3n) is 5.28. The van der Waals surface area contributed by atoms with Crippen LogP contribution in [0.25, 0.3) is 0 Å². The van der Waals surface area contributed by atoms with E-state index in [2.05, 4.69) is 41.0 Å². The second kappa shape index (κ2) is 6.43. The van der Waals surface area contributed by atoms with E-state index >= 15 is 0 Å². The summed E-state index contributed by atoms with van der Waals surface area (Å²) in [5.41, 5.74) is 4.47. The maximum absolute atomic E-state index is 11.8. The van der Waals surface area contributed by atoms with Gasteiger partial charge in [0.05, 0.1) is 12.2 Å². The zero-order valence-corrected chi connectivity index (χ0v) is 14.8. The van der Waals surface area contributed by atoms with Gasteiger partial charge in [0.15, 0.2) is 0 Å². The van der Waals surface area contributed by atoms with Crippen LogP contribution in [0, 0.1) is 6.92 Å². The van der Waals surface area contributed by atoms with Gasteiger partial charge in [0.2, 0.25) is 0 Å². The molecule has 2 aromatic rings. The number of aryl methyl sites for hydroxylation is 1. The van der Waals surface area contributed by atoms with Crippen LogP contribution in [0.4, 0.5) is 11.4 Å². The van der Waals surface area contributed by atoms with Gasteiger partial charge in [-0.05, 0) is 62.2 Å². The number of piperazine rings is 1. The number of hydrogen-bond acceptors (Lipinski definition) is 4.